The minimum atomic E-state index is 0.120. The summed E-state index contributed by atoms with van der Waals surface area (Å²) in [5.41, 5.74) is 2.40. The highest BCUT2D eigenvalue weighted by molar-refractivity contribution is 7.07. The summed E-state index contributed by atoms with van der Waals surface area (Å²) in [7, 11) is 2.05. The number of anilines is 1. The molecule has 0 aliphatic rings. The second-order valence-corrected chi connectivity index (χ2v) is 6.01. The van der Waals surface area contributed by atoms with Gasteiger partial charge in [-0.2, -0.15) is 11.3 Å². The number of likely N-dealkylation sites (N-methyl/N-ethyl adjacent to an activating group) is 1. The minimum absolute atomic E-state index is 0.120. The number of hydrogen-bond acceptors (Lipinski definition) is 3. The molecule has 1 N–H and O–H groups in total. The van der Waals surface area contributed by atoms with Crippen LogP contribution in [0.2, 0.25) is 0 Å². The fourth-order valence-corrected chi connectivity index (χ4v) is 2.80. The number of carbonyl (C=O) groups is 1. The molecule has 0 radical (unpaired) electrons. The Bertz CT molecular complexity index is 539. The molecule has 0 aliphatic carbocycles. The van der Waals surface area contributed by atoms with E-state index in [9.17, 15) is 4.79 Å². The number of rotatable bonds is 7. The lowest BCUT2D eigenvalue weighted by atomic mass is 10.2. The molecule has 1 aromatic heterocycles. The van der Waals surface area contributed by atoms with Gasteiger partial charge in [0.1, 0.15) is 0 Å². The summed E-state index contributed by atoms with van der Waals surface area (Å²) in [6.45, 7) is 2.78. The molecule has 0 bridgehead atoms. The van der Waals surface area contributed by atoms with E-state index >= 15 is 0 Å². The van der Waals surface area contributed by atoms with Crippen molar-refractivity contribution in [3.63, 3.8) is 0 Å². The first-order chi connectivity index (χ1) is 10.2. The van der Waals surface area contributed by atoms with E-state index in [1.807, 2.05) is 23.6 Å². The van der Waals surface area contributed by atoms with Gasteiger partial charge < -0.3 is 10.2 Å². The van der Waals surface area contributed by atoms with Crippen molar-refractivity contribution in [3.05, 3.63) is 52.7 Å². The Balaban J connectivity index is 1.73. The van der Waals surface area contributed by atoms with E-state index in [-0.39, 0.29) is 11.9 Å². The second-order valence-electron chi connectivity index (χ2n) is 5.23. The van der Waals surface area contributed by atoms with Crippen LogP contribution in [-0.2, 0) is 11.2 Å². The summed E-state index contributed by atoms with van der Waals surface area (Å²) in [5.74, 6) is 0.120. The molecule has 0 spiro atoms. The van der Waals surface area contributed by atoms with Crippen molar-refractivity contribution in [2.24, 2.45) is 0 Å². The Hall–Kier alpha value is -1.81. The number of para-hydroxylation sites is 1. The maximum Gasteiger partial charge on any atom is 0.220 e. The Morgan fingerprint density at radius 2 is 2.05 bits per heavy atom. The van der Waals surface area contributed by atoms with Crippen LogP contribution >= 0.6 is 11.3 Å². The first-order valence-electron chi connectivity index (χ1n) is 7.22. The first-order valence-corrected chi connectivity index (χ1v) is 8.16. The predicted molar refractivity (Wildman–Crippen MR) is 90.0 cm³/mol. The largest absolute Gasteiger partial charge is 0.370 e. The molecule has 21 heavy (non-hydrogen) atoms. The molecule has 1 atom stereocenters. The van der Waals surface area contributed by atoms with Crippen LogP contribution in [0.3, 0.4) is 0 Å². The predicted octanol–water partition coefficient (Wildman–Crippen LogP) is 3.32. The summed E-state index contributed by atoms with van der Waals surface area (Å²) in [6, 6.07) is 12.6. The van der Waals surface area contributed by atoms with Gasteiger partial charge in [-0.3, -0.25) is 4.79 Å². The van der Waals surface area contributed by atoms with Crippen LogP contribution < -0.4 is 10.2 Å². The molecule has 2 rings (SSSR count). The zero-order chi connectivity index (χ0) is 15.1. The zero-order valence-corrected chi connectivity index (χ0v) is 13.4. The van der Waals surface area contributed by atoms with Gasteiger partial charge in [-0.1, -0.05) is 18.2 Å². The summed E-state index contributed by atoms with van der Waals surface area (Å²) in [4.78, 5) is 14.1. The monoisotopic (exact) mass is 302 g/mol. The molecule has 0 unspecified atom stereocenters. The van der Waals surface area contributed by atoms with Crippen molar-refractivity contribution in [2.75, 3.05) is 18.5 Å². The normalized spacial score (nSPS) is 11.9. The van der Waals surface area contributed by atoms with Gasteiger partial charge in [0.05, 0.1) is 0 Å². The third kappa shape index (κ3) is 4.90. The smallest absolute Gasteiger partial charge is 0.220 e. The van der Waals surface area contributed by atoms with Crippen LogP contribution in [0.5, 0.6) is 0 Å². The Morgan fingerprint density at radius 3 is 2.71 bits per heavy atom. The first kappa shape index (κ1) is 15.6. The van der Waals surface area contributed by atoms with Crippen molar-refractivity contribution in [1.29, 1.82) is 0 Å². The molecule has 3 nitrogen and oxygen atoms in total. The second kappa shape index (κ2) is 7.84. The van der Waals surface area contributed by atoms with E-state index in [2.05, 4.69) is 47.8 Å². The van der Waals surface area contributed by atoms with Crippen molar-refractivity contribution in [2.45, 2.75) is 25.8 Å². The van der Waals surface area contributed by atoms with Crippen LogP contribution in [0.25, 0.3) is 0 Å². The van der Waals surface area contributed by atoms with E-state index in [0.717, 1.165) is 12.1 Å². The van der Waals surface area contributed by atoms with Crippen LogP contribution in [0.1, 0.15) is 18.9 Å². The molecule has 112 valence electrons. The third-order valence-corrected chi connectivity index (χ3v) is 4.37. The fourth-order valence-electron chi connectivity index (χ4n) is 2.10. The molecule has 4 heteroatoms. The number of hydrogen-bond donors (Lipinski definition) is 1. The maximum atomic E-state index is 11.9. The van der Waals surface area contributed by atoms with Gasteiger partial charge in [0.25, 0.3) is 0 Å². The average Bonchev–Trinajstić information content (AvgIpc) is 3.04. The van der Waals surface area contributed by atoms with Crippen LogP contribution in [0.4, 0.5) is 5.69 Å². The molecule has 1 aromatic carbocycles. The molecule has 1 heterocycles. The molecule has 2 aromatic rings. The third-order valence-electron chi connectivity index (χ3n) is 3.64. The van der Waals surface area contributed by atoms with Crippen molar-refractivity contribution in [1.82, 2.24) is 5.32 Å². The maximum absolute atomic E-state index is 11.9. The van der Waals surface area contributed by atoms with Crippen LogP contribution in [-0.4, -0.2) is 25.5 Å². The topological polar surface area (TPSA) is 32.3 Å². The van der Waals surface area contributed by atoms with Gasteiger partial charge in [0.2, 0.25) is 5.91 Å². The van der Waals surface area contributed by atoms with Crippen molar-refractivity contribution >= 4 is 22.9 Å². The van der Waals surface area contributed by atoms with Crippen molar-refractivity contribution in [3.8, 4) is 0 Å². The molecule has 0 saturated carbocycles. The zero-order valence-electron chi connectivity index (χ0n) is 12.6. The van der Waals surface area contributed by atoms with Gasteiger partial charge in [0, 0.05) is 31.7 Å². The lowest BCUT2D eigenvalue weighted by Crippen LogP contribution is -2.40. The summed E-state index contributed by atoms with van der Waals surface area (Å²) < 4.78 is 0. The lowest BCUT2D eigenvalue weighted by molar-refractivity contribution is -0.121. The van der Waals surface area contributed by atoms with Gasteiger partial charge in [-0.25, -0.2) is 0 Å². The summed E-state index contributed by atoms with van der Waals surface area (Å²) >= 11 is 1.67. The Kier molecular flexibility index (Phi) is 5.81. The molecule has 1 amide bonds. The van der Waals surface area contributed by atoms with Gasteiger partial charge in [0.15, 0.2) is 0 Å². The van der Waals surface area contributed by atoms with Crippen LogP contribution in [0, 0.1) is 0 Å². The molecule has 0 aliphatic heterocycles. The van der Waals surface area contributed by atoms with E-state index in [4.69, 9.17) is 0 Å². The van der Waals surface area contributed by atoms with E-state index < -0.39 is 0 Å². The number of carbonyl (C=O) groups excluding carboxylic acids is 1. The number of aryl methyl sites for hydroxylation is 1. The summed E-state index contributed by atoms with van der Waals surface area (Å²) in [5, 5.41) is 7.16. The van der Waals surface area contributed by atoms with E-state index in [1.54, 1.807) is 11.3 Å². The highest BCUT2D eigenvalue weighted by Crippen LogP contribution is 2.13. The molecular weight excluding hydrogens is 280 g/mol. The minimum Gasteiger partial charge on any atom is -0.370 e. The number of amides is 1. The van der Waals surface area contributed by atoms with Gasteiger partial charge in [-0.05, 0) is 47.9 Å². The van der Waals surface area contributed by atoms with Crippen LogP contribution in [0.15, 0.2) is 47.2 Å². The number of nitrogens with zero attached hydrogens (tertiary/aromatic N) is 1. The average molecular weight is 302 g/mol. The molecule has 0 saturated heterocycles. The number of benzene rings is 1. The quantitative estimate of drug-likeness (QED) is 0.851. The summed E-state index contributed by atoms with van der Waals surface area (Å²) in [6.07, 6.45) is 1.37. The van der Waals surface area contributed by atoms with E-state index in [1.165, 1.54) is 5.56 Å². The standard InChI is InChI=1S/C17H22N2OS/c1-14(19(2)16-6-4-3-5-7-16)12-18-17(20)9-8-15-10-11-21-13-15/h3-7,10-11,13-14H,8-9,12H2,1-2H3,(H,18,20)/t14-/m0/s1. The van der Waals surface area contributed by atoms with Crippen molar-refractivity contribution < 1.29 is 4.79 Å². The lowest BCUT2D eigenvalue weighted by Gasteiger charge is -2.27. The van der Waals surface area contributed by atoms with E-state index in [0.29, 0.717) is 13.0 Å². The highest BCUT2D eigenvalue weighted by Gasteiger charge is 2.11. The highest BCUT2D eigenvalue weighted by atomic mass is 32.1. The number of thiophene rings is 1. The van der Waals surface area contributed by atoms with Gasteiger partial charge in [-0.15, -0.1) is 0 Å². The fraction of sp³-hybridized carbons (Fsp3) is 0.353. The Labute approximate surface area is 130 Å². The number of nitrogens with one attached hydrogen (secondary N) is 1. The SMILES string of the molecule is C[C@@H](CNC(=O)CCc1ccsc1)N(C)c1ccccc1. The Morgan fingerprint density at radius 1 is 1.29 bits per heavy atom. The molecular formula is C17H22N2OS. The molecule has 0 fully saturated rings. The van der Waals surface area contributed by atoms with Gasteiger partial charge >= 0.3 is 0 Å².